The van der Waals surface area contributed by atoms with Crippen molar-refractivity contribution >= 4 is 17.4 Å². The fourth-order valence-electron chi connectivity index (χ4n) is 2.50. The molecule has 1 aromatic heterocycles. The van der Waals surface area contributed by atoms with Gasteiger partial charge in [-0.05, 0) is 39.0 Å². The Morgan fingerprint density at radius 3 is 2.88 bits per heavy atom. The highest BCUT2D eigenvalue weighted by Gasteiger charge is 2.27. The number of rotatable bonds is 3. The predicted octanol–water partition coefficient (Wildman–Crippen LogP) is 2.00. The van der Waals surface area contributed by atoms with Crippen molar-refractivity contribution in [1.82, 2.24) is 15.3 Å². The molecule has 1 aliphatic carbocycles. The van der Waals surface area contributed by atoms with Gasteiger partial charge >= 0.3 is 0 Å². The zero-order valence-corrected chi connectivity index (χ0v) is 14.2. The van der Waals surface area contributed by atoms with Gasteiger partial charge in [0, 0.05) is 23.7 Å². The molecule has 1 amide bonds. The number of carbonyl (C=O) groups is 1. The second-order valence-corrected chi connectivity index (χ2v) is 6.55. The SMILES string of the molecule is CC1CCC(=C(N)C(=O)NC(C)(C)C#N)C(=Nc2cnccn2)C1. The van der Waals surface area contributed by atoms with E-state index in [-0.39, 0.29) is 5.70 Å². The standard InChI is InChI=1S/C17H22N6O/c1-11-4-5-12(15(19)16(24)23-17(2,3)10-18)13(8-11)22-14-9-20-6-7-21-14/h6-7,9,11H,4-5,8,19H2,1-3H3,(H,23,24). The number of aromatic nitrogens is 2. The molecule has 0 spiro atoms. The molecule has 2 rings (SSSR count). The van der Waals surface area contributed by atoms with Crippen LogP contribution >= 0.6 is 0 Å². The highest BCUT2D eigenvalue weighted by molar-refractivity contribution is 6.09. The number of aliphatic imine (C=N–C) groups is 1. The number of allylic oxidation sites excluding steroid dienone is 1. The zero-order valence-electron chi connectivity index (χ0n) is 14.2. The molecule has 1 atom stereocenters. The Morgan fingerprint density at radius 2 is 2.25 bits per heavy atom. The molecule has 1 saturated carbocycles. The largest absolute Gasteiger partial charge is 0.394 e. The Labute approximate surface area is 141 Å². The number of hydrogen-bond donors (Lipinski definition) is 2. The van der Waals surface area contributed by atoms with Crippen LogP contribution in [0.1, 0.15) is 40.0 Å². The first-order valence-corrected chi connectivity index (χ1v) is 7.88. The zero-order chi connectivity index (χ0) is 17.7. The van der Waals surface area contributed by atoms with E-state index in [1.165, 1.54) is 0 Å². The Morgan fingerprint density at radius 1 is 1.50 bits per heavy atom. The first-order valence-electron chi connectivity index (χ1n) is 7.88. The van der Waals surface area contributed by atoms with E-state index in [9.17, 15) is 4.79 Å². The van der Waals surface area contributed by atoms with Crippen molar-refractivity contribution in [3.8, 4) is 6.07 Å². The van der Waals surface area contributed by atoms with Crippen LogP contribution in [0.15, 0.2) is 34.9 Å². The van der Waals surface area contributed by atoms with Crippen LogP contribution in [0.2, 0.25) is 0 Å². The van der Waals surface area contributed by atoms with Crippen LogP contribution in [0.5, 0.6) is 0 Å². The van der Waals surface area contributed by atoms with Gasteiger partial charge in [-0.25, -0.2) is 9.98 Å². The van der Waals surface area contributed by atoms with E-state index in [0.29, 0.717) is 18.2 Å². The molecule has 1 unspecified atom stereocenters. The normalized spacial score (nSPS) is 21.9. The Hall–Kier alpha value is -2.75. The molecule has 1 heterocycles. The van der Waals surface area contributed by atoms with Gasteiger partial charge in [0.05, 0.1) is 12.3 Å². The lowest BCUT2D eigenvalue weighted by atomic mass is 9.84. The number of carbonyl (C=O) groups excluding carboxylic acids is 1. The van der Waals surface area contributed by atoms with Crippen LogP contribution in [0.4, 0.5) is 5.82 Å². The molecule has 24 heavy (non-hydrogen) atoms. The molecule has 0 aromatic carbocycles. The number of nitrogens with zero attached hydrogens (tertiary/aromatic N) is 4. The summed E-state index contributed by atoms with van der Waals surface area (Å²) in [5, 5.41) is 11.7. The fourth-order valence-corrected chi connectivity index (χ4v) is 2.50. The van der Waals surface area contributed by atoms with E-state index < -0.39 is 11.4 Å². The van der Waals surface area contributed by atoms with E-state index in [0.717, 1.165) is 24.1 Å². The summed E-state index contributed by atoms with van der Waals surface area (Å²) in [5.41, 5.74) is 6.71. The third-order valence-corrected chi connectivity index (χ3v) is 3.85. The lowest BCUT2D eigenvalue weighted by molar-refractivity contribution is -0.118. The molecule has 0 radical (unpaired) electrons. The summed E-state index contributed by atoms with van der Waals surface area (Å²) in [6.07, 6.45) is 7.05. The fraction of sp³-hybridized carbons (Fsp3) is 0.471. The van der Waals surface area contributed by atoms with Gasteiger partial charge in [0.1, 0.15) is 11.2 Å². The molecular weight excluding hydrogens is 304 g/mol. The van der Waals surface area contributed by atoms with Crippen LogP contribution < -0.4 is 11.1 Å². The van der Waals surface area contributed by atoms with Crippen LogP contribution in [-0.2, 0) is 4.79 Å². The van der Waals surface area contributed by atoms with E-state index in [1.807, 2.05) is 6.07 Å². The Balaban J connectivity index is 2.35. The van der Waals surface area contributed by atoms with Crippen molar-refractivity contribution in [1.29, 1.82) is 5.26 Å². The topological polar surface area (TPSA) is 117 Å². The third kappa shape index (κ3) is 4.38. The highest BCUT2D eigenvalue weighted by atomic mass is 16.2. The maximum Gasteiger partial charge on any atom is 0.268 e. The predicted molar refractivity (Wildman–Crippen MR) is 91.2 cm³/mol. The molecule has 1 aliphatic rings. The maximum atomic E-state index is 12.4. The molecule has 0 saturated heterocycles. The van der Waals surface area contributed by atoms with Crippen LogP contribution in [0, 0.1) is 17.2 Å². The van der Waals surface area contributed by atoms with Crippen molar-refractivity contribution in [2.45, 2.75) is 45.6 Å². The Bertz CT molecular complexity index is 714. The molecule has 7 nitrogen and oxygen atoms in total. The molecule has 7 heteroatoms. The molecular formula is C17H22N6O. The molecule has 1 fully saturated rings. The van der Waals surface area contributed by atoms with Crippen LogP contribution in [0.25, 0.3) is 0 Å². The average molecular weight is 326 g/mol. The molecule has 126 valence electrons. The summed E-state index contributed by atoms with van der Waals surface area (Å²) in [6, 6.07) is 2.03. The highest BCUT2D eigenvalue weighted by Crippen LogP contribution is 2.29. The van der Waals surface area contributed by atoms with Gasteiger partial charge in [0.25, 0.3) is 5.91 Å². The van der Waals surface area contributed by atoms with E-state index >= 15 is 0 Å². The second kappa shape index (κ2) is 7.21. The van der Waals surface area contributed by atoms with E-state index in [1.54, 1.807) is 32.4 Å². The average Bonchev–Trinajstić information content (AvgIpc) is 2.55. The van der Waals surface area contributed by atoms with Crippen LogP contribution in [-0.4, -0.2) is 27.1 Å². The third-order valence-electron chi connectivity index (χ3n) is 3.85. The minimum Gasteiger partial charge on any atom is -0.394 e. The van der Waals surface area contributed by atoms with Crippen molar-refractivity contribution in [3.63, 3.8) is 0 Å². The Kier molecular flexibility index (Phi) is 5.29. The summed E-state index contributed by atoms with van der Waals surface area (Å²) < 4.78 is 0. The summed E-state index contributed by atoms with van der Waals surface area (Å²) in [7, 11) is 0. The van der Waals surface area contributed by atoms with Crippen molar-refractivity contribution < 1.29 is 4.79 Å². The van der Waals surface area contributed by atoms with Crippen molar-refractivity contribution in [2.24, 2.45) is 16.6 Å². The van der Waals surface area contributed by atoms with E-state index in [2.05, 4.69) is 27.2 Å². The van der Waals surface area contributed by atoms with Gasteiger partial charge in [-0.2, -0.15) is 5.26 Å². The first kappa shape index (κ1) is 17.6. The molecule has 3 N–H and O–H groups in total. The van der Waals surface area contributed by atoms with Gasteiger partial charge in [-0.3, -0.25) is 9.78 Å². The van der Waals surface area contributed by atoms with Gasteiger partial charge < -0.3 is 11.1 Å². The summed E-state index contributed by atoms with van der Waals surface area (Å²) in [5.74, 6) is 0.498. The quantitative estimate of drug-likeness (QED) is 0.824. The number of amides is 1. The summed E-state index contributed by atoms with van der Waals surface area (Å²) in [6.45, 7) is 5.39. The number of nitriles is 1. The van der Waals surface area contributed by atoms with Gasteiger partial charge in [0.15, 0.2) is 5.82 Å². The van der Waals surface area contributed by atoms with Crippen molar-refractivity contribution in [2.75, 3.05) is 0 Å². The number of nitrogens with two attached hydrogens (primary N) is 1. The lowest BCUT2D eigenvalue weighted by Gasteiger charge is -2.25. The first-order chi connectivity index (χ1) is 11.3. The summed E-state index contributed by atoms with van der Waals surface area (Å²) in [4.78, 5) is 25.1. The smallest absolute Gasteiger partial charge is 0.268 e. The lowest BCUT2D eigenvalue weighted by Crippen LogP contribution is -2.44. The molecule has 1 aromatic rings. The van der Waals surface area contributed by atoms with Gasteiger partial charge in [0.2, 0.25) is 0 Å². The number of nitrogens with one attached hydrogen (secondary N) is 1. The summed E-state index contributed by atoms with van der Waals surface area (Å²) >= 11 is 0. The molecule has 0 aliphatic heterocycles. The number of hydrogen-bond acceptors (Lipinski definition) is 6. The minimum absolute atomic E-state index is 0.118. The second-order valence-electron chi connectivity index (χ2n) is 6.55. The minimum atomic E-state index is -0.980. The maximum absolute atomic E-state index is 12.4. The van der Waals surface area contributed by atoms with Gasteiger partial charge in [-0.15, -0.1) is 0 Å². The molecule has 0 bridgehead atoms. The monoisotopic (exact) mass is 326 g/mol. The van der Waals surface area contributed by atoms with Gasteiger partial charge in [-0.1, -0.05) is 6.92 Å². The van der Waals surface area contributed by atoms with E-state index in [4.69, 9.17) is 11.0 Å². The van der Waals surface area contributed by atoms with Crippen molar-refractivity contribution in [3.05, 3.63) is 29.9 Å². The van der Waals surface area contributed by atoms with Crippen LogP contribution in [0.3, 0.4) is 0 Å².